The molecule has 232 valence electrons. The normalized spacial score (nSPS) is 19.3. The number of fused-ring (bicyclic) bond motifs is 1. The Labute approximate surface area is 258 Å². The average molecular weight is 647 g/mol. The van der Waals surface area contributed by atoms with Crippen molar-refractivity contribution in [1.29, 1.82) is 0 Å². The highest BCUT2D eigenvalue weighted by Crippen LogP contribution is 2.41. The highest BCUT2D eigenvalue weighted by atomic mass is 35.5. The molecule has 0 aromatic heterocycles. The number of alkyl halides is 3. The van der Waals surface area contributed by atoms with E-state index in [0.717, 1.165) is 11.6 Å². The lowest BCUT2D eigenvalue weighted by Gasteiger charge is -2.55. The van der Waals surface area contributed by atoms with Crippen molar-refractivity contribution >= 4 is 45.4 Å². The SMILES string of the molecule is Cc1cccc(S(=O)(=O)N2C[C@H](CCC(=O)N3CC4(COC4)C3)Oc3ccc(/C=C/c4c(Cl)cccc4C(F)(F)F)cc32)c1. The molecule has 44 heavy (non-hydrogen) atoms. The zero-order valence-corrected chi connectivity index (χ0v) is 25.4. The summed E-state index contributed by atoms with van der Waals surface area (Å²) in [4.78, 5) is 14.7. The van der Waals surface area contributed by atoms with Crippen LogP contribution < -0.4 is 9.04 Å². The molecule has 12 heteroatoms. The van der Waals surface area contributed by atoms with Gasteiger partial charge in [0.15, 0.2) is 0 Å². The van der Waals surface area contributed by atoms with E-state index in [1.165, 1.54) is 34.7 Å². The van der Waals surface area contributed by atoms with Gasteiger partial charge in [0.25, 0.3) is 10.0 Å². The molecule has 2 fully saturated rings. The summed E-state index contributed by atoms with van der Waals surface area (Å²) in [5.41, 5.74) is 0.496. The Morgan fingerprint density at radius 2 is 1.82 bits per heavy atom. The van der Waals surface area contributed by atoms with Crippen LogP contribution in [0.4, 0.5) is 18.9 Å². The van der Waals surface area contributed by atoms with Crippen LogP contribution in [0.3, 0.4) is 0 Å². The lowest BCUT2D eigenvalue weighted by molar-refractivity contribution is -0.195. The molecule has 0 N–H and O–H groups in total. The molecule has 0 saturated carbocycles. The smallest absolute Gasteiger partial charge is 0.417 e. The molecule has 0 radical (unpaired) electrons. The predicted octanol–water partition coefficient (Wildman–Crippen LogP) is 6.43. The van der Waals surface area contributed by atoms with E-state index in [2.05, 4.69) is 0 Å². The highest BCUT2D eigenvalue weighted by Gasteiger charge is 2.50. The summed E-state index contributed by atoms with van der Waals surface area (Å²) in [6.07, 6.45) is -1.97. The predicted molar refractivity (Wildman–Crippen MR) is 161 cm³/mol. The molecule has 3 aromatic rings. The lowest BCUT2D eigenvalue weighted by Crippen LogP contribution is -2.67. The molecule has 0 bridgehead atoms. The van der Waals surface area contributed by atoms with Crippen LogP contribution in [0.2, 0.25) is 5.02 Å². The summed E-state index contributed by atoms with van der Waals surface area (Å²) in [7, 11) is -4.06. The van der Waals surface area contributed by atoms with E-state index < -0.39 is 27.9 Å². The first-order valence-electron chi connectivity index (χ1n) is 14.1. The second-order valence-corrected chi connectivity index (χ2v) is 13.9. The van der Waals surface area contributed by atoms with Crippen molar-refractivity contribution in [2.75, 3.05) is 37.2 Å². The summed E-state index contributed by atoms with van der Waals surface area (Å²) >= 11 is 6.11. The number of carbonyl (C=O) groups excluding carboxylic acids is 1. The second kappa shape index (κ2) is 11.4. The molecular formula is C32H30ClF3N2O5S. The Hall–Kier alpha value is -3.54. The Bertz CT molecular complexity index is 1730. The summed E-state index contributed by atoms with van der Waals surface area (Å²) in [6, 6.07) is 14.9. The van der Waals surface area contributed by atoms with Crippen molar-refractivity contribution in [3.8, 4) is 5.75 Å². The van der Waals surface area contributed by atoms with Gasteiger partial charge in [0.05, 0.1) is 41.3 Å². The van der Waals surface area contributed by atoms with Gasteiger partial charge in [0.2, 0.25) is 5.91 Å². The number of amides is 1. The van der Waals surface area contributed by atoms with Gasteiger partial charge in [-0.2, -0.15) is 13.2 Å². The van der Waals surface area contributed by atoms with Crippen molar-refractivity contribution in [3.63, 3.8) is 0 Å². The minimum absolute atomic E-state index is 0.0108. The second-order valence-electron chi connectivity index (χ2n) is 11.6. The number of ether oxygens (including phenoxy) is 2. The third-order valence-electron chi connectivity index (χ3n) is 8.20. The van der Waals surface area contributed by atoms with Crippen LogP contribution in [-0.4, -0.2) is 58.2 Å². The number of hydrogen-bond donors (Lipinski definition) is 0. The number of rotatable bonds is 7. The maximum absolute atomic E-state index is 14.0. The first-order valence-corrected chi connectivity index (χ1v) is 16.0. The Morgan fingerprint density at radius 3 is 2.50 bits per heavy atom. The summed E-state index contributed by atoms with van der Waals surface area (Å²) in [6.45, 7) is 4.44. The van der Waals surface area contributed by atoms with E-state index in [-0.39, 0.29) is 45.5 Å². The molecule has 2 saturated heterocycles. The molecule has 3 aliphatic heterocycles. The fourth-order valence-corrected chi connectivity index (χ4v) is 7.64. The Morgan fingerprint density at radius 1 is 1.07 bits per heavy atom. The summed E-state index contributed by atoms with van der Waals surface area (Å²) in [5, 5.41) is -0.0622. The van der Waals surface area contributed by atoms with E-state index in [4.69, 9.17) is 21.1 Å². The van der Waals surface area contributed by atoms with E-state index in [9.17, 15) is 26.4 Å². The summed E-state index contributed by atoms with van der Waals surface area (Å²) in [5.74, 6) is 0.286. The van der Waals surface area contributed by atoms with Gasteiger partial charge in [0, 0.05) is 30.1 Å². The number of benzene rings is 3. The number of nitrogens with zero attached hydrogens (tertiary/aromatic N) is 2. The molecule has 1 atom stereocenters. The molecule has 0 unspecified atom stereocenters. The number of anilines is 1. The molecule has 1 spiro atoms. The van der Waals surface area contributed by atoms with Gasteiger partial charge in [-0.05, 0) is 60.9 Å². The maximum Gasteiger partial charge on any atom is 0.417 e. The number of sulfonamides is 1. The quantitative estimate of drug-likeness (QED) is 0.277. The van der Waals surface area contributed by atoms with Crippen LogP contribution in [-0.2, 0) is 25.7 Å². The van der Waals surface area contributed by atoms with E-state index in [1.54, 1.807) is 48.2 Å². The van der Waals surface area contributed by atoms with Crippen LogP contribution in [0, 0.1) is 12.3 Å². The minimum atomic E-state index is -4.61. The topological polar surface area (TPSA) is 76.2 Å². The van der Waals surface area contributed by atoms with Gasteiger partial charge in [-0.15, -0.1) is 0 Å². The number of hydrogen-bond acceptors (Lipinski definition) is 5. The molecule has 6 rings (SSSR count). The fourth-order valence-electron chi connectivity index (χ4n) is 5.80. The largest absolute Gasteiger partial charge is 0.486 e. The van der Waals surface area contributed by atoms with Crippen LogP contribution in [0.5, 0.6) is 5.75 Å². The molecule has 0 aliphatic carbocycles. The van der Waals surface area contributed by atoms with Crippen LogP contribution >= 0.6 is 11.6 Å². The van der Waals surface area contributed by atoms with Gasteiger partial charge in [0.1, 0.15) is 11.9 Å². The van der Waals surface area contributed by atoms with Crippen molar-refractivity contribution in [3.05, 3.63) is 87.9 Å². The molecule has 3 aliphatic rings. The molecule has 3 aromatic carbocycles. The zero-order valence-electron chi connectivity index (χ0n) is 23.8. The monoisotopic (exact) mass is 646 g/mol. The third kappa shape index (κ3) is 5.92. The lowest BCUT2D eigenvalue weighted by atomic mass is 9.78. The first-order chi connectivity index (χ1) is 20.8. The Balaban J connectivity index is 1.28. The van der Waals surface area contributed by atoms with Gasteiger partial charge < -0.3 is 14.4 Å². The van der Waals surface area contributed by atoms with Gasteiger partial charge in [-0.3, -0.25) is 9.10 Å². The van der Waals surface area contributed by atoms with Crippen LogP contribution in [0.1, 0.15) is 35.1 Å². The van der Waals surface area contributed by atoms with Gasteiger partial charge in [-0.25, -0.2) is 8.42 Å². The Kier molecular flexibility index (Phi) is 7.92. The number of aryl methyl sites for hydroxylation is 1. The minimum Gasteiger partial charge on any atom is -0.486 e. The number of carbonyl (C=O) groups is 1. The van der Waals surface area contributed by atoms with Crippen molar-refractivity contribution in [1.82, 2.24) is 4.90 Å². The van der Waals surface area contributed by atoms with E-state index in [1.807, 2.05) is 0 Å². The fraction of sp³-hybridized carbons (Fsp3) is 0.344. The molecule has 3 heterocycles. The van der Waals surface area contributed by atoms with E-state index >= 15 is 0 Å². The summed E-state index contributed by atoms with van der Waals surface area (Å²) < 4.78 is 81.5. The van der Waals surface area contributed by atoms with E-state index in [0.29, 0.717) is 44.0 Å². The first kappa shape index (κ1) is 30.5. The molecule has 1 amide bonds. The van der Waals surface area contributed by atoms with Crippen molar-refractivity contribution in [2.24, 2.45) is 5.41 Å². The van der Waals surface area contributed by atoms with Crippen molar-refractivity contribution in [2.45, 2.75) is 36.9 Å². The van der Waals surface area contributed by atoms with Gasteiger partial charge >= 0.3 is 6.18 Å². The van der Waals surface area contributed by atoms with Gasteiger partial charge in [-0.1, -0.05) is 48.0 Å². The molecular weight excluding hydrogens is 617 g/mol. The average Bonchev–Trinajstić information content (AvgIpc) is 2.92. The number of halogens is 4. The highest BCUT2D eigenvalue weighted by molar-refractivity contribution is 7.92. The van der Waals surface area contributed by atoms with Crippen molar-refractivity contribution < 1.29 is 35.9 Å². The maximum atomic E-state index is 14.0. The number of likely N-dealkylation sites (tertiary alicyclic amines) is 1. The van der Waals surface area contributed by atoms with Crippen LogP contribution in [0.25, 0.3) is 12.2 Å². The standard InChI is InChI=1S/C32H30ClF3N2O5S/c1-21-4-2-5-24(14-21)44(40,41)38-16-23(10-13-30(39)37-17-31(18-37)19-42-20-31)43-29-12-9-22(15-28(29)38)8-11-25-26(32(34,35)36)6-3-7-27(25)33/h2-9,11-12,14-15,23H,10,13,16-20H2,1H3/b11-8+/t23-/m0/s1. The third-order valence-corrected chi connectivity index (χ3v) is 10.3. The zero-order chi connectivity index (χ0) is 31.3. The molecule has 7 nitrogen and oxygen atoms in total. The van der Waals surface area contributed by atoms with Crippen LogP contribution in [0.15, 0.2) is 65.6 Å².